The first-order valence-electron chi connectivity index (χ1n) is 7.64. The molecule has 106 valence electrons. The Balaban J connectivity index is 1.85. The normalized spacial score (nSPS) is 30.5. The van der Waals surface area contributed by atoms with Crippen molar-refractivity contribution < 1.29 is 4.74 Å². The van der Waals surface area contributed by atoms with Crippen LogP contribution in [0.1, 0.15) is 37.0 Å². The van der Waals surface area contributed by atoms with E-state index in [1.165, 1.54) is 22.3 Å². The summed E-state index contributed by atoms with van der Waals surface area (Å²) in [6.07, 6.45) is 4.22. The first-order chi connectivity index (χ1) is 10.1. The first kappa shape index (κ1) is 12.8. The van der Waals surface area contributed by atoms with Crippen LogP contribution in [-0.2, 0) is 16.8 Å². The third kappa shape index (κ3) is 2.04. The van der Waals surface area contributed by atoms with E-state index in [4.69, 9.17) is 4.74 Å². The summed E-state index contributed by atoms with van der Waals surface area (Å²) in [5.74, 6) is 0. The molecule has 0 saturated carbocycles. The third-order valence-corrected chi connectivity index (χ3v) is 4.74. The predicted octanol–water partition coefficient (Wildman–Crippen LogP) is 4.72. The van der Waals surface area contributed by atoms with Crippen molar-refractivity contribution in [2.75, 3.05) is 0 Å². The minimum absolute atomic E-state index is 0.202. The van der Waals surface area contributed by atoms with E-state index >= 15 is 0 Å². The molecule has 2 aromatic carbocycles. The van der Waals surface area contributed by atoms with Gasteiger partial charge in [0.25, 0.3) is 0 Å². The van der Waals surface area contributed by atoms with Gasteiger partial charge >= 0.3 is 0 Å². The SMILES string of the molecule is CC12C=C(c3ccccc3)CC(C)(O1)c1ccccc1C2. The molecule has 0 spiro atoms. The van der Waals surface area contributed by atoms with Crippen molar-refractivity contribution in [3.63, 3.8) is 0 Å². The van der Waals surface area contributed by atoms with Crippen molar-refractivity contribution in [1.29, 1.82) is 0 Å². The quantitative estimate of drug-likeness (QED) is 0.732. The van der Waals surface area contributed by atoms with Crippen LogP contribution in [0, 0.1) is 0 Å². The fourth-order valence-corrected chi connectivity index (χ4v) is 4.01. The van der Waals surface area contributed by atoms with Gasteiger partial charge in [0.2, 0.25) is 0 Å². The van der Waals surface area contributed by atoms with Crippen LogP contribution < -0.4 is 0 Å². The highest BCUT2D eigenvalue weighted by atomic mass is 16.5. The Morgan fingerprint density at radius 2 is 1.57 bits per heavy atom. The van der Waals surface area contributed by atoms with Gasteiger partial charge in [0, 0.05) is 12.8 Å². The molecule has 2 atom stereocenters. The fraction of sp³-hybridized carbons (Fsp3) is 0.300. The molecule has 0 saturated heterocycles. The van der Waals surface area contributed by atoms with Crippen molar-refractivity contribution in [3.05, 3.63) is 77.4 Å². The van der Waals surface area contributed by atoms with Crippen LogP contribution in [0.3, 0.4) is 0 Å². The van der Waals surface area contributed by atoms with Crippen LogP contribution in [-0.4, -0.2) is 5.60 Å². The maximum Gasteiger partial charge on any atom is 0.0958 e. The topological polar surface area (TPSA) is 9.23 Å². The van der Waals surface area contributed by atoms with Crippen LogP contribution in [0.15, 0.2) is 60.7 Å². The molecule has 2 bridgehead atoms. The largest absolute Gasteiger partial charge is 0.360 e. The van der Waals surface area contributed by atoms with Crippen LogP contribution in [0.4, 0.5) is 0 Å². The second-order valence-electron chi connectivity index (χ2n) is 6.69. The number of rotatable bonds is 1. The predicted molar refractivity (Wildman–Crippen MR) is 86.0 cm³/mol. The molecular weight excluding hydrogens is 256 g/mol. The van der Waals surface area contributed by atoms with Crippen molar-refractivity contribution in [3.8, 4) is 0 Å². The molecule has 2 heterocycles. The summed E-state index contributed by atoms with van der Waals surface area (Å²) in [5.41, 5.74) is 5.08. The Hall–Kier alpha value is -1.86. The summed E-state index contributed by atoms with van der Waals surface area (Å²) in [5, 5.41) is 0. The Bertz CT molecular complexity index is 716. The van der Waals surface area contributed by atoms with Gasteiger partial charge in [0.15, 0.2) is 0 Å². The zero-order chi connectivity index (χ0) is 14.5. The van der Waals surface area contributed by atoms with Gasteiger partial charge in [0.05, 0.1) is 11.2 Å². The van der Waals surface area contributed by atoms with Gasteiger partial charge in [-0.2, -0.15) is 0 Å². The molecule has 0 radical (unpaired) electrons. The molecule has 0 aliphatic carbocycles. The Morgan fingerprint density at radius 3 is 2.38 bits per heavy atom. The Morgan fingerprint density at radius 1 is 0.857 bits per heavy atom. The second kappa shape index (κ2) is 4.32. The minimum Gasteiger partial charge on any atom is -0.360 e. The first-order valence-corrected chi connectivity index (χ1v) is 7.64. The molecule has 2 aliphatic rings. The molecule has 1 nitrogen and oxygen atoms in total. The van der Waals surface area contributed by atoms with E-state index in [1.54, 1.807) is 0 Å². The molecule has 21 heavy (non-hydrogen) atoms. The summed E-state index contributed by atoms with van der Waals surface area (Å²) in [7, 11) is 0. The molecule has 2 unspecified atom stereocenters. The minimum atomic E-state index is -0.219. The van der Waals surface area contributed by atoms with Crippen molar-refractivity contribution in [2.24, 2.45) is 0 Å². The Labute approximate surface area is 126 Å². The Kier molecular flexibility index (Phi) is 2.64. The van der Waals surface area contributed by atoms with E-state index in [0.717, 1.165) is 12.8 Å². The van der Waals surface area contributed by atoms with Crippen LogP contribution in [0.5, 0.6) is 0 Å². The van der Waals surface area contributed by atoms with E-state index in [2.05, 4.69) is 74.5 Å². The molecule has 2 aromatic rings. The van der Waals surface area contributed by atoms with E-state index in [0.29, 0.717) is 0 Å². The van der Waals surface area contributed by atoms with Gasteiger partial charge in [-0.05, 0) is 42.2 Å². The lowest BCUT2D eigenvalue weighted by atomic mass is 9.73. The second-order valence-corrected chi connectivity index (χ2v) is 6.69. The zero-order valence-corrected chi connectivity index (χ0v) is 12.6. The monoisotopic (exact) mass is 276 g/mol. The molecule has 2 aliphatic heterocycles. The summed E-state index contributed by atoms with van der Waals surface area (Å²) in [6.45, 7) is 4.45. The van der Waals surface area contributed by atoms with E-state index in [9.17, 15) is 0 Å². The molecule has 0 fully saturated rings. The fourth-order valence-electron chi connectivity index (χ4n) is 4.01. The lowest BCUT2D eigenvalue weighted by Crippen LogP contribution is -2.47. The molecule has 4 rings (SSSR count). The average molecular weight is 276 g/mol. The van der Waals surface area contributed by atoms with Crippen LogP contribution >= 0.6 is 0 Å². The van der Waals surface area contributed by atoms with Crippen molar-refractivity contribution in [1.82, 2.24) is 0 Å². The summed E-state index contributed by atoms with van der Waals surface area (Å²) < 4.78 is 6.50. The van der Waals surface area contributed by atoms with Crippen LogP contribution in [0.25, 0.3) is 5.57 Å². The number of benzene rings is 2. The lowest BCUT2D eigenvalue weighted by Gasteiger charge is -2.49. The lowest BCUT2D eigenvalue weighted by molar-refractivity contribution is -0.137. The van der Waals surface area contributed by atoms with Crippen molar-refractivity contribution in [2.45, 2.75) is 37.9 Å². The third-order valence-electron chi connectivity index (χ3n) is 4.74. The van der Waals surface area contributed by atoms with E-state index in [1.807, 2.05) is 0 Å². The van der Waals surface area contributed by atoms with Gasteiger partial charge in [-0.15, -0.1) is 0 Å². The molecule has 0 N–H and O–H groups in total. The number of hydrogen-bond acceptors (Lipinski definition) is 1. The maximum absolute atomic E-state index is 6.50. The molecule has 0 amide bonds. The zero-order valence-electron chi connectivity index (χ0n) is 12.6. The number of hydrogen-bond donors (Lipinski definition) is 0. The molecule has 1 heteroatoms. The van der Waals surface area contributed by atoms with E-state index < -0.39 is 0 Å². The maximum atomic E-state index is 6.50. The van der Waals surface area contributed by atoms with Gasteiger partial charge < -0.3 is 4.74 Å². The van der Waals surface area contributed by atoms with Gasteiger partial charge in [0.1, 0.15) is 0 Å². The van der Waals surface area contributed by atoms with Gasteiger partial charge in [-0.25, -0.2) is 0 Å². The van der Waals surface area contributed by atoms with Gasteiger partial charge in [-0.1, -0.05) is 54.6 Å². The van der Waals surface area contributed by atoms with Gasteiger partial charge in [-0.3, -0.25) is 0 Å². The molecular formula is C20H20O. The highest BCUT2D eigenvalue weighted by molar-refractivity contribution is 5.69. The number of fused-ring (bicyclic) bond motifs is 4. The smallest absolute Gasteiger partial charge is 0.0958 e. The molecule has 0 aromatic heterocycles. The summed E-state index contributed by atoms with van der Waals surface area (Å²) >= 11 is 0. The standard InChI is InChI=1S/C20H20O/c1-19-12-16-10-6-7-11-18(16)20(2,21-19)14-17(13-19)15-8-4-3-5-9-15/h3-11,13H,12,14H2,1-2H3. The van der Waals surface area contributed by atoms with E-state index in [-0.39, 0.29) is 11.2 Å². The highest BCUT2D eigenvalue weighted by Gasteiger charge is 2.46. The highest BCUT2D eigenvalue weighted by Crippen LogP contribution is 2.50. The van der Waals surface area contributed by atoms with Crippen molar-refractivity contribution >= 4 is 5.57 Å². The number of ether oxygens (including phenoxy) is 1. The summed E-state index contributed by atoms with van der Waals surface area (Å²) in [6, 6.07) is 19.4. The summed E-state index contributed by atoms with van der Waals surface area (Å²) in [4.78, 5) is 0. The van der Waals surface area contributed by atoms with Crippen LogP contribution in [0.2, 0.25) is 0 Å². The average Bonchev–Trinajstić information content (AvgIpc) is 2.46.